The van der Waals surface area contributed by atoms with E-state index in [0.29, 0.717) is 38.6 Å². The third-order valence-electron chi connectivity index (χ3n) is 7.84. The highest BCUT2D eigenvalue weighted by molar-refractivity contribution is 7.07. The molecule has 0 saturated carbocycles. The number of benzene rings is 3. The molecule has 3 aromatic carbocycles. The van der Waals surface area contributed by atoms with Gasteiger partial charge < -0.3 is 9.30 Å². The third kappa shape index (κ3) is 5.27. The van der Waals surface area contributed by atoms with Gasteiger partial charge in [0.05, 0.1) is 35.0 Å². The van der Waals surface area contributed by atoms with Gasteiger partial charge >= 0.3 is 5.97 Å². The zero-order valence-corrected chi connectivity index (χ0v) is 25.3. The van der Waals surface area contributed by atoms with Crippen molar-refractivity contribution in [3.8, 4) is 0 Å². The Kier molecular flexibility index (Phi) is 7.71. The van der Waals surface area contributed by atoms with Crippen molar-refractivity contribution in [2.24, 2.45) is 4.99 Å². The fraction of sp³-hybridized carbons (Fsp3) is 0.229. The molecular weight excluding hydrogens is 561 g/mol. The van der Waals surface area contributed by atoms with Gasteiger partial charge in [0.1, 0.15) is 5.82 Å². The molecule has 0 bridgehead atoms. The first-order valence-corrected chi connectivity index (χ1v) is 15.2. The van der Waals surface area contributed by atoms with Crippen molar-refractivity contribution in [1.82, 2.24) is 9.13 Å². The molecule has 3 heterocycles. The normalized spacial score (nSPS) is 15.2. The molecule has 0 unspecified atom stereocenters. The number of thiazole rings is 1. The number of halogens is 1. The number of fused-ring (bicyclic) bond motifs is 2. The van der Waals surface area contributed by atoms with Gasteiger partial charge in [-0.1, -0.05) is 85.8 Å². The van der Waals surface area contributed by atoms with Crippen molar-refractivity contribution in [2.45, 2.75) is 46.2 Å². The summed E-state index contributed by atoms with van der Waals surface area (Å²) in [6.45, 7) is 8.37. The number of hydrogen-bond acceptors (Lipinski definition) is 5. The quantitative estimate of drug-likeness (QED) is 0.216. The summed E-state index contributed by atoms with van der Waals surface area (Å²) >= 11 is 1.29. The zero-order chi connectivity index (χ0) is 30.2. The van der Waals surface area contributed by atoms with Gasteiger partial charge in [0, 0.05) is 28.2 Å². The van der Waals surface area contributed by atoms with Crippen molar-refractivity contribution < 1.29 is 13.9 Å². The molecule has 6 nitrogen and oxygen atoms in total. The van der Waals surface area contributed by atoms with E-state index >= 15 is 0 Å². The highest BCUT2D eigenvalue weighted by Crippen LogP contribution is 2.32. The summed E-state index contributed by atoms with van der Waals surface area (Å²) < 4.78 is 24.0. The first-order chi connectivity index (χ1) is 20.8. The number of nitrogens with zero attached hydrogens (tertiary/aromatic N) is 3. The number of aromatic nitrogens is 2. The van der Waals surface area contributed by atoms with Crippen LogP contribution in [0.3, 0.4) is 0 Å². The average Bonchev–Trinajstić information content (AvgIpc) is 3.50. The largest absolute Gasteiger partial charge is 0.463 e. The molecule has 0 saturated heterocycles. The Morgan fingerprint density at radius 2 is 1.79 bits per heavy atom. The molecule has 1 atom stereocenters. The maximum atomic E-state index is 14.5. The molecule has 0 aliphatic carbocycles. The molecule has 0 radical (unpaired) electrons. The molecular formula is C35H32FN3O3S. The second-order valence-corrected chi connectivity index (χ2v) is 12.0. The summed E-state index contributed by atoms with van der Waals surface area (Å²) in [7, 11) is 0. The molecule has 0 spiro atoms. The Bertz CT molecular complexity index is 2070. The minimum Gasteiger partial charge on any atom is -0.463 e. The number of rotatable bonds is 7. The Hall–Kier alpha value is -4.56. The van der Waals surface area contributed by atoms with Gasteiger partial charge in [0.25, 0.3) is 5.56 Å². The predicted octanol–water partition coefficient (Wildman–Crippen LogP) is 6.06. The average molecular weight is 594 g/mol. The number of carbonyl (C=O) groups excluding carboxylic acids is 1. The zero-order valence-electron chi connectivity index (χ0n) is 24.5. The first-order valence-electron chi connectivity index (χ1n) is 14.4. The highest BCUT2D eigenvalue weighted by atomic mass is 32.1. The number of para-hydroxylation sites is 1. The van der Waals surface area contributed by atoms with Gasteiger partial charge in [-0.05, 0) is 49.1 Å². The minimum atomic E-state index is -0.666. The summed E-state index contributed by atoms with van der Waals surface area (Å²) in [4.78, 5) is 32.6. The van der Waals surface area contributed by atoms with Crippen LogP contribution in [-0.2, 0) is 16.1 Å². The lowest BCUT2D eigenvalue weighted by Crippen LogP contribution is -2.39. The van der Waals surface area contributed by atoms with Crippen molar-refractivity contribution in [3.05, 3.63) is 138 Å². The third-order valence-corrected chi connectivity index (χ3v) is 8.82. The van der Waals surface area contributed by atoms with E-state index in [0.717, 1.165) is 22.0 Å². The summed E-state index contributed by atoms with van der Waals surface area (Å²) in [6.07, 6.45) is 3.82. The van der Waals surface area contributed by atoms with Crippen LogP contribution in [0.1, 0.15) is 61.9 Å². The summed E-state index contributed by atoms with van der Waals surface area (Å²) in [5, 5.41) is 0.953. The molecule has 8 heteroatoms. The summed E-state index contributed by atoms with van der Waals surface area (Å²) in [6, 6.07) is 22.0. The fourth-order valence-corrected chi connectivity index (χ4v) is 6.68. The molecule has 1 aliphatic heterocycles. The Morgan fingerprint density at radius 1 is 1.07 bits per heavy atom. The van der Waals surface area contributed by atoms with Gasteiger partial charge in [-0.2, -0.15) is 0 Å². The van der Waals surface area contributed by atoms with Crippen molar-refractivity contribution in [3.63, 3.8) is 0 Å². The van der Waals surface area contributed by atoms with Gasteiger partial charge in [-0.25, -0.2) is 14.2 Å². The lowest BCUT2D eigenvalue weighted by molar-refractivity contribution is -0.139. The van der Waals surface area contributed by atoms with E-state index in [-0.39, 0.29) is 18.0 Å². The van der Waals surface area contributed by atoms with E-state index in [4.69, 9.17) is 9.73 Å². The predicted molar refractivity (Wildman–Crippen MR) is 168 cm³/mol. The molecule has 5 aromatic rings. The van der Waals surface area contributed by atoms with Gasteiger partial charge in [-0.3, -0.25) is 9.36 Å². The Balaban J connectivity index is 1.51. The standard InChI is InChI=1S/C35H32FN3O3S/c1-5-42-34(41)31-22(4)37-35-39(32(31)24-16-14-23(15-17-24)21(2)3)33(40)30(43-35)18-26-20-38(29-13-9-7-11-27(26)29)19-25-10-6-8-12-28(25)36/h6-18,20-21,32H,5,19H2,1-4H3/b30-18-/t32-/m1/s1. The van der Waals surface area contributed by atoms with Crippen LogP contribution >= 0.6 is 11.3 Å². The Morgan fingerprint density at radius 3 is 2.51 bits per heavy atom. The highest BCUT2D eigenvalue weighted by Gasteiger charge is 2.33. The van der Waals surface area contributed by atoms with Crippen molar-refractivity contribution in [2.75, 3.05) is 6.61 Å². The van der Waals surface area contributed by atoms with Crippen LogP contribution in [0.2, 0.25) is 0 Å². The number of esters is 1. The van der Waals surface area contributed by atoms with Crippen molar-refractivity contribution in [1.29, 1.82) is 0 Å². The minimum absolute atomic E-state index is 0.218. The second kappa shape index (κ2) is 11.6. The first kappa shape index (κ1) is 28.6. The summed E-state index contributed by atoms with van der Waals surface area (Å²) in [5.74, 6) is -0.394. The number of carbonyl (C=O) groups is 1. The van der Waals surface area contributed by atoms with Crippen LogP contribution in [0.15, 0.2) is 100 Å². The molecule has 2 aromatic heterocycles. The molecule has 6 rings (SSSR count). The van der Waals surface area contributed by atoms with Crippen LogP contribution < -0.4 is 14.9 Å². The number of allylic oxidation sites excluding steroid dienone is 1. The lowest BCUT2D eigenvalue weighted by Gasteiger charge is -2.25. The number of ether oxygens (including phenoxy) is 1. The van der Waals surface area contributed by atoms with E-state index in [1.807, 2.05) is 71.4 Å². The van der Waals surface area contributed by atoms with Gasteiger partial charge in [0.15, 0.2) is 4.80 Å². The van der Waals surface area contributed by atoms with Crippen LogP contribution in [0.4, 0.5) is 4.39 Å². The van der Waals surface area contributed by atoms with Crippen LogP contribution in [0.25, 0.3) is 17.0 Å². The van der Waals surface area contributed by atoms with E-state index in [2.05, 4.69) is 13.8 Å². The topological polar surface area (TPSA) is 65.6 Å². The van der Waals surface area contributed by atoms with E-state index in [9.17, 15) is 14.0 Å². The van der Waals surface area contributed by atoms with Crippen LogP contribution in [-0.4, -0.2) is 21.7 Å². The monoisotopic (exact) mass is 593 g/mol. The molecule has 0 fully saturated rings. The van der Waals surface area contributed by atoms with Crippen LogP contribution in [0, 0.1) is 5.82 Å². The molecule has 0 amide bonds. The van der Waals surface area contributed by atoms with Crippen molar-refractivity contribution >= 4 is 34.3 Å². The smallest absolute Gasteiger partial charge is 0.338 e. The maximum Gasteiger partial charge on any atom is 0.338 e. The van der Waals surface area contributed by atoms with Crippen LogP contribution in [0.5, 0.6) is 0 Å². The van der Waals surface area contributed by atoms with Gasteiger partial charge in [0.2, 0.25) is 0 Å². The molecule has 1 aliphatic rings. The molecule has 0 N–H and O–H groups in total. The SMILES string of the molecule is CCOC(=O)C1=C(C)N=c2s/c(=C\c3cn(Cc4ccccc4F)c4ccccc34)c(=O)n2[C@@H]1c1ccc(C(C)C)cc1. The van der Waals surface area contributed by atoms with Gasteiger partial charge in [-0.15, -0.1) is 0 Å². The lowest BCUT2D eigenvalue weighted by atomic mass is 9.93. The molecule has 218 valence electrons. The van der Waals surface area contributed by atoms with E-state index in [1.54, 1.807) is 30.5 Å². The fourth-order valence-electron chi connectivity index (χ4n) is 5.64. The Labute approximate surface area is 252 Å². The van der Waals surface area contributed by atoms with E-state index < -0.39 is 12.0 Å². The molecule has 43 heavy (non-hydrogen) atoms. The number of hydrogen-bond donors (Lipinski definition) is 0. The summed E-state index contributed by atoms with van der Waals surface area (Å²) in [5.41, 5.74) is 5.01. The second-order valence-electron chi connectivity index (χ2n) is 10.9. The maximum absolute atomic E-state index is 14.5. The van der Waals surface area contributed by atoms with E-state index in [1.165, 1.54) is 23.0 Å².